The summed E-state index contributed by atoms with van der Waals surface area (Å²) in [6.07, 6.45) is 5.11. The third-order valence-electron chi connectivity index (χ3n) is 3.25. The molecular weight excluding hydrogens is 274 g/mol. The van der Waals surface area contributed by atoms with Crippen LogP contribution in [0, 0.1) is 0 Å². The Morgan fingerprint density at radius 2 is 1.86 bits per heavy atom. The Bertz CT molecular complexity index is 395. The zero-order chi connectivity index (χ0) is 15.7. The zero-order valence-electron chi connectivity index (χ0n) is 12.5. The molecule has 8 nitrogen and oxygen atoms in total. The average molecular weight is 299 g/mol. The van der Waals surface area contributed by atoms with Gasteiger partial charge in [-0.1, -0.05) is 19.3 Å². The number of nitrogens with two attached hydrogens (primary N) is 2. The van der Waals surface area contributed by atoms with Crippen LogP contribution >= 0.6 is 0 Å². The van der Waals surface area contributed by atoms with Gasteiger partial charge in [-0.05, 0) is 19.8 Å². The highest BCUT2D eigenvalue weighted by molar-refractivity contribution is 5.85. The Kier molecular flexibility index (Phi) is 6.93. The third kappa shape index (κ3) is 6.44. The van der Waals surface area contributed by atoms with Crippen LogP contribution in [0.15, 0.2) is 4.99 Å². The SMILES string of the molecule is CC1(N=C(N)N)NCNC(=O)CCCCCCCOC1=O. The van der Waals surface area contributed by atoms with Crippen LogP contribution in [0.1, 0.15) is 45.4 Å². The maximum absolute atomic E-state index is 12.1. The van der Waals surface area contributed by atoms with E-state index in [4.69, 9.17) is 16.2 Å². The lowest BCUT2D eigenvalue weighted by Crippen LogP contribution is -2.54. The van der Waals surface area contributed by atoms with Crippen LogP contribution in [0.5, 0.6) is 0 Å². The molecule has 1 rings (SSSR count). The third-order valence-corrected chi connectivity index (χ3v) is 3.25. The number of ether oxygens (including phenoxy) is 1. The molecule has 0 aromatic rings. The Labute approximate surface area is 124 Å². The highest BCUT2D eigenvalue weighted by atomic mass is 16.5. The molecule has 1 atom stereocenters. The molecule has 1 aliphatic rings. The molecule has 1 fully saturated rings. The number of carbonyl (C=O) groups excluding carboxylic acids is 2. The molecule has 8 heteroatoms. The van der Waals surface area contributed by atoms with Crippen molar-refractivity contribution >= 4 is 17.8 Å². The van der Waals surface area contributed by atoms with Gasteiger partial charge in [0, 0.05) is 6.42 Å². The minimum atomic E-state index is -1.41. The fourth-order valence-corrected chi connectivity index (χ4v) is 2.04. The zero-order valence-corrected chi connectivity index (χ0v) is 12.5. The van der Waals surface area contributed by atoms with Gasteiger partial charge in [-0.3, -0.25) is 10.1 Å². The number of carbonyl (C=O) groups is 2. The second-order valence-corrected chi connectivity index (χ2v) is 5.22. The number of hydrogen-bond acceptors (Lipinski definition) is 5. The molecule has 0 radical (unpaired) electrons. The van der Waals surface area contributed by atoms with E-state index in [9.17, 15) is 9.59 Å². The van der Waals surface area contributed by atoms with Gasteiger partial charge >= 0.3 is 5.97 Å². The van der Waals surface area contributed by atoms with Crippen molar-refractivity contribution in [2.75, 3.05) is 13.3 Å². The van der Waals surface area contributed by atoms with Crippen molar-refractivity contribution in [1.29, 1.82) is 0 Å². The molecule has 1 aliphatic heterocycles. The van der Waals surface area contributed by atoms with Crippen LogP contribution in [-0.4, -0.2) is 36.8 Å². The first-order valence-electron chi connectivity index (χ1n) is 7.24. The number of guanidine groups is 1. The van der Waals surface area contributed by atoms with E-state index in [0.29, 0.717) is 13.0 Å². The number of esters is 1. The van der Waals surface area contributed by atoms with Crippen LogP contribution in [0.3, 0.4) is 0 Å². The van der Waals surface area contributed by atoms with Gasteiger partial charge in [-0.15, -0.1) is 0 Å². The highest BCUT2D eigenvalue weighted by Gasteiger charge is 2.34. The Hall–Kier alpha value is -1.83. The number of rotatable bonds is 1. The van der Waals surface area contributed by atoms with E-state index < -0.39 is 11.6 Å². The summed E-state index contributed by atoms with van der Waals surface area (Å²) in [5.41, 5.74) is 9.30. The van der Waals surface area contributed by atoms with Crippen LogP contribution in [-0.2, 0) is 14.3 Å². The summed E-state index contributed by atoms with van der Waals surface area (Å²) in [5, 5.41) is 5.48. The van der Waals surface area contributed by atoms with Gasteiger partial charge in [0.15, 0.2) is 5.96 Å². The van der Waals surface area contributed by atoms with E-state index in [2.05, 4.69) is 15.6 Å². The van der Waals surface area contributed by atoms with E-state index in [1.165, 1.54) is 6.92 Å². The molecular formula is C13H25N5O3. The van der Waals surface area contributed by atoms with E-state index in [0.717, 1.165) is 32.1 Å². The first-order valence-corrected chi connectivity index (χ1v) is 7.24. The van der Waals surface area contributed by atoms with Gasteiger partial charge in [-0.2, -0.15) is 0 Å². The minimum absolute atomic E-state index is 0.0695. The fraction of sp³-hybridized carbons (Fsp3) is 0.769. The second kappa shape index (κ2) is 8.46. The van der Waals surface area contributed by atoms with Crippen molar-refractivity contribution in [2.24, 2.45) is 16.5 Å². The molecule has 0 saturated carbocycles. The van der Waals surface area contributed by atoms with E-state index in [1.807, 2.05) is 0 Å². The molecule has 6 N–H and O–H groups in total. The molecule has 1 heterocycles. The van der Waals surface area contributed by atoms with Gasteiger partial charge in [0.25, 0.3) is 0 Å². The lowest BCUT2D eigenvalue weighted by atomic mass is 10.1. The van der Waals surface area contributed by atoms with E-state index in [1.54, 1.807) is 0 Å². The quantitative estimate of drug-likeness (QED) is 0.294. The maximum Gasteiger partial charge on any atom is 0.348 e. The van der Waals surface area contributed by atoms with Crippen molar-refractivity contribution in [3.05, 3.63) is 0 Å². The Balaban J connectivity index is 2.72. The largest absolute Gasteiger partial charge is 0.463 e. The van der Waals surface area contributed by atoms with Gasteiger partial charge in [0.2, 0.25) is 11.6 Å². The van der Waals surface area contributed by atoms with Gasteiger partial charge < -0.3 is 21.5 Å². The van der Waals surface area contributed by atoms with Gasteiger partial charge in [0.05, 0.1) is 13.3 Å². The summed E-state index contributed by atoms with van der Waals surface area (Å²) < 4.78 is 5.20. The summed E-state index contributed by atoms with van der Waals surface area (Å²) in [6, 6.07) is 0. The van der Waals surface area contributed by atoms with Gasteiger partial charge in [0.1, 0.15) is 0 Å². The first-order chi connectivity index (χ1) is 9.94. The number of cyclic esters (lactones) is 1. The van der Waals surface area contributed by atoms with Crippen molar-refractivity contribution in [3.63, 3.8) is 0 Å². The van der Waals surface area contributed by atoms with Crippen molar-refractivity contribution in [3.8, 4) is 0 Å². The summed E-state index contributed by atoms with van der Waals surface area (Å²) in [4.78, 5) is 27.6. The fourth-order valence-electron chi connectivity index (χ4n) is 2.04. The predicted octanol–water partition coefficient (Wildman–Crippen LogP) is -0.463. The standard InChI is InChI=1S/C13H25N5O3/c1-13(18-12(14)15)11(20)21-8-6-4-2-3-5-7-10(19)16-9-17-13/h17H,2-9H2,1H3,(H,16,19)(H4,14,15,18). The highest BCUT2D eigenvalue weighted by Crippen LogP contribution is 2.11. The summed E-state index contributed by atoms with van der Waals surface area (Å²) in [7, 11) is 0. The molecule has 1 saturated heterocycles. The second-order valence-electron chi connectivity index (χ2n) is 5.22. The van der Waals surface area contributed by atoms with Crippen LogP contribution in [0.4, 0.5) is 0 Å². The molecule has 21 heavy (non-hydrogen) atoms. The molecule has 0 aromatic carbocycles. The number of nitrogens with zero attached hydrogens (tertiary/aromatic N) is 1. The predicted molar refractivity (Wildman–Crippen MR) is 79.0 cm³/mol. The molecule has 120 valence electrons. The van der Waals surface area contributed by atoms with Crippen molar-refractivity contribution in [1.82, 2.24) is 10.6 Å². The molecule has 0 spiro atoms. The topological polar surface area (TPSA) is 132 Å². The van der Waals surface area contributed by atoms with Crippen molar-refractivity contribution in [2.45, 2.75) is 51.1 Å². The molecule has 1 amide bonds. The summed E-state index contributed by atoms with van der Waals surface area (Å²) in [6.45, 7) is 1.93. The normalized spacial score (nSPS) is 26.1. The molecule has 0 aliphatic carbocycles. The minimum Gasteiger partial charge on any atom is -0.463 e. The maximum atomic E-state index is 12.1. The Morgan fingerprint density at radius 3 is 2.57 bits per heavy atom. The van der Waals surface area contributed by atoms with E-state index >= 15 is 0 Å². The summed E-state index contributed by atoms with van der Waals surface area (Å²) >= 11 is 0. The van der Waals surface area contributed by atoms with E-state index in [-0.39, 0.29) is 18.5 Å². The van der Waals surface area contributed by atoms with Gasteiger partial charge in [-0.25, -0.2) is 9.79 Å². The lowest BCUT2D eigenvalue weighted by molar-refractivity contribution is -0.151. The summed E-state index contributed by atoms with van der Waals surface area (Å²) in [5.74, 6) is -0.864. The number of hydrogen-bond donors (Lipinski definition) is 4. The van der Waals surface area contributed by atoms with Crippen molar-refractivity contribution < 1.29 is 14.3 Å². The smallest absolute Gasteiger partial charge is 0.348 e. The Morgan fingerprint density at radius 1 is 1.19 bits per heavy atom. The lowest BCUT2D eigenvalue weighted by Gasteiger charge is -2.25. The van der Waals surface area contributed by atoms with Crippen LogP contribution < -0.4 is 22.1 Å². The first kappa shape index (κ1) is 17.2. The monoisotopic (exact) mass is 299 g/mol. The average Bonchev–Trinajstić information content (AvgIpc) is 2.39. The van der Waals surface area contributed by atoms with Crippen LogP contribution in [0.25, 0.3) is 0 Å². The number of aliphatic imine (C=N–C) groups is 1. The molecule has 1 unspecified atom stereocenters. The molecule has 0 aromatic heterocycles. The number of nitrogens with one attached hydrogen (secondary N) is 2. The molecule has 0 bridgehead atoms. The number of amides is 1. The van der Waals surface area contributed by atoms with Crippen LogP contribution in [0.2, 0.25) is 0 Å².